The Morgan fingerprint density at radius 1 is 1.75 bits per heavy atom. The van der Waals surface area contributed by atoms with Gasteiger partial charge in [0, 0.05) is 6.20 Å². The number of aromatic nitrogens is 1. The molecular formula is C7H9N3O2. The van der Waals surface area contributed by atoms with Crippen molar-refractivity contribution in [3.05, 3.63) is 24.0 Å². The molecule has 0 saturated carbocycles. The molecule has 0 radical (unpaired) electrons. The van der Waals surface area contributed by atoms with Gasteiger partial charge in [0.05, 0.1) is 12.8 Å². The maximum absolute atomic E-state index is 10.8. The van der Waals surface area contributed by atoms with Crippen molar-refractivity contribution in [1.29, 1.82) is 0 Å². The van der Waals surface area contributed by atoms with Crippen LogP contribution >= 0.6 is 0 Å². The van der Waals surface area contributed by atoms with E-state index >= 15 is 0 Å². The molecule has 1 amide bonds. The Hall–Kier alpha value is -1.62. The van der Waals surface area contributed by atoms with Crippen molar-refractivity contribution in [2.45, 2.75) is 0 Å². The van der Waals surface area contributed by atoms with E-state index in [4.69, 9.17) is 5.73 Å². The van der Waals surface area contributed by atoms with Crippen LogP contribution in [0.3, 0.4) is 0 Å². The number of nitrogens with two attached hydrogens (primary N) is 1. The first-order valence-electron chi connectivity index (χ1n) is 3.29. The van der Waals surface area contributed by atoms with Crippen molar-refractivity contribution in [2.24, 2.45) is 5.73 Å². The maximum atomic E-state index is 10.8. The molecule has 0 aliphatic rings. The van der Waals surface area contributed by atoms with Gasteiger partial charge in [-0.3, -0.25) is 15.1 Å². The number of pyridine rings is 1. The van der Waals surface area contributed by atoms with Crippen LogP contribution in [0.2, 0.25) is 0 Å². The molecule has 1 heterocycles. The monoisotopic (exact) mass is 167 g/mol. The van der Waals surface area contributed by atoms with Gasteiger partial charge in [0.15, 0.2) is 5.69 Å². The van der Waals surface area contributed by atoms with E-state index in [9.17, 15) is 4.79 Å². The van der Waals surface area contributed by atoms with Gasteiger partial charge in [-0.15, -0.1) is 0 Å². The molecule has 64 valence electrons. The Balaban J connectivity index is 3.00. The largest absolute Gasteiger partial charge is 0.364 e. The van der Waals surface area contributed by atoms with Crippen LogP contribution in [0.1, 0.15) is 10.5 Å². The van der Waals surface area contributed by atoms with E-state index in [-0.39, 0.29) is 5.69 Å². The summed E-state index contributed by atoms with van der Waals surface area (Å²) in [5.74, 6) is -0.588. The van der Waals surface area contributed by atoms with Gasteiger partial charge in [-0.1, -0.05) is 0 Å². The van der Waals surface area contributed by atoms with Gasteiger partial charge in [-0.2, -0.15) is 0 Å². The molecule has 1 aromatic heterocycles. The van der Waals surface area contributed by atoms with Crippen LogP contribution in [0.5, 0.6) is 0 Å². The number of rotatable bonds is 3. The highest BCUT2D eigenvalue weighted by Crippen LogP contribution is 2.10. The van der Waals surface area contributed by atoms with Crippen molar-refractivity contribution in [2.75, 3.05) is 12.6 Å². The molecule has 0 saturated heterocycles. The number of anilines is 1. The minimum atomic E-state index is -0.588. The fourth-order valence-corrected chi connectivity index (χ4v) is 0.794. The first-order valence-corrected chi connectivity index (χ1v) is 3.29. The second-order valence-electron chi connectivity index (χ2n) is 2.07. The van der Waals surface area contributed by atoms with Crippen molar-refractivity contribution in [3.8, 4) is 0 Å². The average molecular weight is 167 g/mol. The standard InChI is InChI=1S/C7H9N3O2/c1-12-10-5-3-2-4-9-6(5)7(8)11/h2-4,10H,1H3,(H2,8,11). The number of nitrogens with one attached hydrogen (secondary N) is 1. The molecule has 0 spiro atoms. The lowest BCUT2D eigenvalue weighted by Crippen LogP contribution is -2.15. The summed E-state index contributed by atoms with van der Waals surface area (Å²) in [6, 6.07) is 3.32. The van der Waals surface area contributed by atoms with E-state index in [0.29, 0.717) is 5.69 Å². The molecule has 0 atom stereocenters. The Kier molecular flexibility index (Phi) is 2.60. The normalized spacial score (nSPS) is 9.42. The second kappa shape index (κ2) is 3.68. The lowest BCUT2D eigenvalue weighted by Gasteiger charge is -2.04. The number of nitrogens with zero attached hydrogens (tertiary/aromatic N) is 1. The van der Waals surface area contributed by atoms with E-state index < -0.39 is 5.91 Å². The highest BCUT2D eigenvalue weighted by molar-refractivity contribution is 5.96. The summed E-state index contributed by atoms with van der Waals surface area (Å²) in [6.07, 6.45) is 1.49. The zero-order valence-corrected chi connectivity index (χ0v) is 6.57. The first kappa shape index (κ1) is 8.48. The Morgan fingerprint density at radius 3 is 3.08 bits per heavy atom. The van der Waals surface area contributed by atoms with E-state index in [1.54, 1.807) is 12.1 Å². The molecule has 3 N–H and O–H groups in total. The molecular weight excluding hydrogens is 158 g/mol. The van der Waals surface area contributed by atoms with Gasteiger partial charge < -0.3 is 5.73 Å². The quantitative estimate of drug-likeness (QED) is 0.628. The van der Waals surface area contributed by atoms with Crippen molar-refractivity contribution in [3.63, 3.8) is 0 Å². The van der Waals surface area contributed by atoms with Crippen molar-refractivity contribution >= 4 is 11.6 Å². The highest BCUT2D eigenvalue weighted by Gasteiger charge is 2.07. The fraction of sp³-hybridized carbons (Fsp3) is 0.143. The van der Waals surface area contributed by atoms with Gasteiger partial charge in [0.1, 0.15) is 0 Å². The second-order valence-corrected chi connectivity index (χ2v) is 2.07. The molecule has 12 heavy (non-hydrogen) atoms. The average Bonchev–Trinajstić information content (AvgIpc) is 2.05. The fourth-order valence-electron chi connectivity index (χ4n) is 0.794. The van der Waals surface area contributed by atoms with E-state index in [2.05, 4.69) is 15.3 Å². The van der Waals surface area contributed by atoms with Crippen molar-refractivity contribution < 1.29 is 9.63 Å². The van der Waals surface area contributed by atoms with Crippen LogP contribution in [0, 0.1) is 0 Å². The van der Waals surface area contributed by atoms with Gasteiger partial charge in [-0.05, 0) is 12.1 Å². The summed E-state index contributed by atoms with van der Waals surface area (Å²) in [5, 5.41) is 0. The minimum absolute atomic E-state index is 0.166. The summed E-state index contributed by atoms with van der Waals surface area (Å²) < 4.78 is 0. The molecule has 0 bridgehead atoms. The molecule has 1 rings (SSSR count). The summed E-state index contributed by atoms with van der Waals surface area (Å²) >= 11 is 0. The lowest BCUT2D eigenvalue weighted by atomic mass is 10.3. The number of primary amides is 1. The zero-order chi connectivity index (χ0) is 8.97. The molecule has 0 aromatic carbocycles. The number of amides is 1. The predicted octanol–water partition coefficient (Wildman–Crippen LogP) is 0.154. The van der Waals surface area contributed by atoms with Gasteiger partial charge >= 0.3 is 0 Å². The molecule has 0 fully saturated rings. The van der Waals surface area contributed by atoms with E-state index in [1.165, 1.54) is 13.3 Å². The topological polar surface area (TPSA) is 77.2 Å². The van der Waals surface area contributed by atoms with Gasteiger partial charge in [-0.25, -0.2) is 4.98 Å². The summed E-state index contributed by atoms with van der Waals surface area (Å²) in [5.41, 5.74) is 8.17. The summed E-state index contributed by atoms with van der Waals surface area (Å²) in [6.45, 7) is 0. The maximum Gasteiger partial charge on any atom is 0.269 e. The molecule has 5 nitrogen and oxygen atoms in total. The number of carbonyl (C=O) groups is 1. The molecule has 0 unspecified atom stereocenters. The minimum Gasteiger partial charge on any atom is -0.364 e. The third-order valence-corrected chi connectivity index (χ3v) is 1.25. The highest BCUT2D eigenvalue weighted by atomic mass is 16.6. The smallest absolute Gasteiger partial charge is 0.269 e. The van der Waals surface area contributed by atoms with Crippen LogP contribution in [-0.4, -0.2) is 18.0 Å². The zero-order valence-electron chi connectivity index (χ0n) is 6.57. The molecule has 1 aromatic rings. The van der Waals surface area contributed by atoms with Gasteiger partial charge in [0.25, 0.3) is 5.91 Å². The lowest BCUT2D eigenvalue weighted by molar-refractivity contribution is 0.0995. The predicted molar refractivity (Wildman–Crippen MR) is 43.4 cm³/mol. The van der Waals surface area contributed by atoms with E-state index in [0.717, 1.165) is 0 Å². The Bertz CT molecular complexity index is 288. The summed E-state index contributed by atoms with van der Waals surface area (Å²) in [4.78, 5) is 19.2. The molecule has 0 aliphatic heterocycles. The first-order chi connectivity index (χ1) is 5.75. The van der Waals surface area contributed by atoms with Crippen LogP contribution < -0.4 is 11.2 Å². The third-order valence-electron chi connectivity index (χ3n) is 1.25. The van der Waals surface area contributed by atoms with Crippen LogP contribution in [0.4, 0.5) is 5.69 Å². The summed E-state index contributed by atoms with van der Waals surface area (Å²) in [7, 11) is 1.44. The number of hydrogen-bond acceptors (Lipinski definition) is 4. The Morgan fingerprint density at radius 2 is 2.50 bits per heavy atom. The molecule has 5 heteroatoms. The SMILES string of the molecule is CONc1cccnc1C(N)=O. The van der Waals surface area contributed by atoms with Crippen LogP contribution in [0.25, 0.3) is 0 Å². The van der Waals surface area contributed by atoms with Crippen LogP contribution in [0.15, 0.2) is 18.3 Å². The molecule has 0 aliphatic carbocycles. The van der Waals surface area contributed by atoms with Crippen LogP contribution in [-0.2, 0) is 4.84 Å². The van der Waals surface area contributed by atoms with E-state index in [1.807, 2.05) is 0 Å². The van der Waals surface area contributed by atoms with Crippen molar-refractivity contribution in [1.82, 2.24) is 4.98 Å². The van der Waals surface area contributed by atoms with Gasteiger partial charge in [0.2, 0.25) is 0 Å². The number of carbonyl (C=O) groups excluding carboxylic acids is 1. The number of hydrogen-bond donors (Lipinski definition) is 2. The Labute approximate surface area is 69.5 Å². The third kappa shape index (κ3) is 1.70.